The summed E-state index contributed by atoms with van der Waals surface area (Å²) in [5, 5.41) is 1.51. The molecule has 0 aromatic heterocycles. The molecule has 2 aromatic carbocycles. The van der Waals surface area contributed by atoms with Crippen molar-refractivity contribution in [3.63, 3.8) is 0 Å². The molecular formula is C12H3Br3O3. The van der Waals surface area contributed by atoms with Gasteiger partial charge in [-0.15, -0.1) is 0 Å². The zero-order valence-electron chi connectivity index (χ0n) is 8.59. The van der Waals surface area contributed by atoms with Gasteiger partial charge < -0.3 is 4.74 Å². The van der Waals surface area contributed by atoms with Crippen LogP contribution in [-0.2, 0) is 4.74 Å². The zero-order chi connectivity index (χ0) is 13.0. The molecule has 0 N–H and O–H groups in total. The lowest BCUT2D eigenvalue weighted by Gasteiger charge is -2.09. The highest BCUT2D eigenvalue weighted by molar-refractivity contribution is 9.13. The van der Waals surface area contributed by atoms with Gasteiger partial charge in [0, 0.05) is 18.8 Å². The minimum Gasteiger partial charge on any atom is -0.386 e. The summed E-state index contributed by atoms with van der Waals surface area (Å²) in [6.45, 7) is 0. The second kappa shape index (κ2) is 4.15. The molecule has 0 saturated carbocycles. The Bertz CT molecular complexity index is 737. The average Bonchev–Trinajstić information content (AvgIpc) is 2.61. The van der Waals surface area contributed by atoms with Crippen molar-refractivity contribution in [1.82, 2.24) is 0 Å². The Morgan fingerprint density at radius 1 is 0.889 bits per heavy atom. The van der Waals surface area contributed by atoms with Gasteiger partial charge in [0.1, 0.15) is 0 Å². The highest BCUT2D eigenvalue weighted by atomic mass is 79.9. The molecule has 0 spiro atoms. The first-order chi connectivity index (χ1) is 8.52. The molecule has 0 amide bonds. The third-order valence-corrected chi connectivity index (χ3v) is 5.54. The Balaban J connectivity index is 2.62. The maximum absolute atomic E-state index is 11.8. The van der Waals surface area contributed by atoms with Crippen LogP contribution in [0.2, 0.25) is 0 Å². The minimum atomic E-state index is -0.621. The predicted molar refractivity (Wildman–Crippen MR) is 76.8 cm³/mol. The Morgan fingerprint density at radius 2 is 1.56 bits per heavy atom. The minimum absolute atomic E-state index is 0.275. The van der Waals surface area contributed by atoms with E-state index in [4.69, 9.17) is 0 Å². The van der Waals surface area contributed by atoms with Crippen LogP contribution in [0.3, 0.4) is 0 Å². The molecule has 90 valence electrons. The molecule has 2 aromatic rings. The molecule has 0 aliphatic carbocycles. The van der Waals surface area contributed by atoms with Crippen LogP contribution in [0.5, 0.6) is 0 Å². The summed E-state index contributed by atoms with van der Waals surface area (Å²) in [4.78, 5) is 23.4. The van der Waals surface area contributed by atoms with E-state index in [1.54, 1.807) is 6.07 Å². The number of esters is 2. The van der Waals surface area contributed by atoms with Gasteiger partial charge in [-0.1, -0.05) is 28.1 Å². The Hall–Kier alpha value is -0.720. The van der Waals surface area contributed by atoms with E-state index in [-0.39, 0.29) is 5.56 Å². The summed E-state index contributed by atoms with van der Waals surface area (Å²) in [7, 11) is 0. The normalized spacial score (nSPS) is 13.9. The SMILES string of the molecule is O=C1OC(=O)c2c1c(Br)c(Br)c1c(Br)cccc21. The molecule has 0 fully saturated rings. The number of benzene rings is 2. The molecule has 3 nitrogen and oxygen atoms in total. The van der Waals surface area contributed by atoms with Crippen LogP contribution in [0.1, 0.15) is 20.7 Å². The van der Waals surface area contributed by atoms with E-state index in [0.29, 0.717) is 15.4 Å². The van der Waals surface area contributed by atoms with Gasteiger partial charge in [0.05, 0.1) is 11.1 Å². The van der Waals surface area contributed by atoms with Gasteiger partial charge >= 0.3 is 11.9 Å². The van der Waals surface area contributed by atoms with Crippen molar-refractivity contribution in [1.29, 1.82) is 0 Å². The molecule has 1 heterocycles. The van der Waals surface area contributed by atoms with E-state index in [2.05, 4.69) is 52.5 Å². The fourth-order valence-electron chi connectivity index (χ4n) is 2.01. The third-order valence-electron chi connectivity index (χ3n) is 2.76. The fraction of sp³-hybridized carbons (Fsp3) is 0. The summed E-state index contributed by atoms with van der Waals surface area (Å²) in [5.41, 5.74) is 0.587. The number of hydrogen-bond acceptors (Lipinski definition) is 3. The van der Waals surface area contributed by atoms with Crippen molar-refractivity contribution in [3.8, 4) is 0 Å². The standard InChI is InChI=1S/C12H3Br3O3/c13-5-3-1-2-4-6(5)9(14)10(15)8-7(4)11(16)18-12(8)17/h1-3H. The van der Waals surface area contributed by atoms with Crippen molar-refractivity contribution in [2.75, 3.05) is 0 Å². The molecule has 3 rings (SSSR count). The highest BCUT2D eigenvalue weighted by Crippen LogP contribution is 2.43. The smallest absolute Gasteiger partial charge is 0.348 e. The average molecular weight is 435 g/mol. The maximum Gasteiger partial charge on any atom is 0.348 e. The van der Waals surface area contributed by atoms with Gasteiger partial charge in [-0.3, -0.25) is 0 Å². The molecule has 0 bridgehead atoms. The predicted octanol–water partition coefficient (Wildman–Crippen LogP) is 4.44. The lowest BCUT2D eigenvalue weighted by atomic mass is 10.0. The number of carbonyl (C=O) groups is 2. The van der Waals surface area contributed by atoms with Crippen molar-refractivity contribution < 1.29 is 14.3 Å². The van der Waals surface area contributed by atoms with Crippen molar-refractivity contribution in [3.05, 3.63) is 42.7 Å². The summed E-state index contributed by atoms with van der Waals surface area (Å²) >= 11 is 10.2. The number of cyclic esters (lactones) is 2. The summed E-state index contributed by atoms with van der Waals surface area (Å²) in [6, 6.07) is 5.47. The molecule has 0 radical (unpaired) electrons. The van der Waals surface area contributed by atoms with E-state index in [1.807, 2.05) is 12.1 Å². The van der Waals surface area contributed by atoms with Crippen molar-refractivity contribution in [2.45, 2.75) is 0 Å². The zero-order valence-corrected chi connectivity index (χ0v) is 13.3. The first-order valence-electron chi connectivity index (χ1n) is 4.88. The van der Waals surface area contributed by atoms with Gasteiger partial charge in [-0.2, -0.15) is 0 Å². The van der Waals surface area contributed by atoms with E-state index in [1.165, 1.54) is 0 Å². The summed E-state index contributed by atoms with van der Waals surface area (Å²) in [6.07, 6.45) is 0. The van der Waals surface area contributed by atoms with Gasteiger partial charge in [-0.05, 0) is 43.3 Å². The van der Waals surface area contributed by atoms with Crippen LogP contribution in [0.4, 0.5) is 0 Å². The lowest BCUT2D eigenvalue weighted by Crippen LogP contribution is -1.97. The molecule has 0 unspecified atom stereocenters. The highest BCUT2D eigenvalue weighted by Gasteiger charge is 2.35. The van der Waals surface area contributed by atoms with Gasteiger partial charge in [0.25, 0.3) is 0 Å². The molecule has 18 heavy (non-hydrogen) atoms. The third kappa shape index (κ3) is 1.52. The van der Waals surface area contributed by atoms with Gasteiger partial charge in [-0.25, -0.2) is 9.59 Å². The van der Waals surface area contributed by atoms with Gasteiger partial charge in [0.2, 0.25) is 0 Å². The van der Waals surface area contributed by atoms with E-state index in [9.17, 15) is 9.59 Å². The van der Waals surface area contributed by atoms with Crippen molar-refractivity contribution in [2.24, 2.45) is 0 Å². The first kappa shape index (κ1) is 12.3. The number of carbonyl (C=O) groups excluding carboxylic acids is 2. The first-order valence-corrected chi connectivity index (χ1v) is 7.26. The number of fused-ring (bicyclic) bond motifs is 3. The van der Waals surface area contributed by atoms with E-state index >= 15 is 0 Å². The second-order valence-corrected chi connectivity index (χ2v) is 6.16. The maximum atomic E-state index is 11.8. The topological polar surface area (TPSA) is 43.4 Å². The number of rotatable bonds is 0. The van der Waals surface area contributed by atoms with Crippen LogP contribution in [0.15, 0.2) is 31.6 Å². The quantitative estimate of drug-likeness (QED) is 0.455. The van der Waals surface area contributed by atoms with E-state index in [0.717, 1.165) is 14.3 Å². The lowest BCUT2D eigenvalue weighted by molar-refractivity contribution is 0.0444. The van der Waals surface area contributed by atoms with Crippen molar-refractivity contribution >= 4 is 70.5 Å². The van der Waals surface area contributed by atoms with Gasteiger partial charge in [0.15, 0.2) is 0 Å². The fourth-order valence-corrected chi connectivity index (χ4v) is 4.02. The van der Waals surface area contributed by atoms with Crippen LogP contribution in [0, 0.1) is 0 Å². The van der Waals surface area contributed by atoms with Crippen LogP contribution in [0.25, 0.3) is 10.8 Å². The second-order valence-electron chi connectivity index (χ2n) is 3.72. The molecule has 1 aliphatic heterocycles. The number of hydrogen-bond donors (Lipinski definition) is 0. The molecule has 0 atom stereocenters. The number of halogens is 3. The van der Waals surface area contributed by atoms with E-state index < -0.39 is 11.9 Å². The Labute approximate surface area is 127 Å². The molecule has 1 aliphatic rings. The summed E-state index contributed by atoms with van der Waals surface area (Å²) in [5.74, 6) is -1.23. The largest absolute Gasteiger partial charge is 0.386 e. The Morgan fingerprint density at radius 3 is 2.28 bits per heavy atom. The molecule has 6 heteroatoms. The number of ether oxygens (including phenoxy) is 1. The van der Waals surface area contributed by atoms with Crippen LogP contribution < -0.4 is 0 Å². The van der Waals surface area contributed by atoms with Crippen LogP contribution in [-0.4, -0.2) is 11.9 Å². The Kier molecular flexibility index (Phi) is 2.84. The molecular weight excluding hydrogens is 432 g/mol. The monoisotopic (exact) mass is 432 g/mol. The summed E-state index contributed by atoms with van der Waals surface area (Å²) < 4.78 is 6.76. The van der Waals surface area contributed by atoms with Crippen LogP contribution >= 0.6 is 47.8 Å². The molecule has 0 saturated heterocycles.